The van der Waals surface area contributed by atoms with Gasteiger partial charge in [0.15, 0.2) is 0 Å². The molecule has 2 amide bonds. The van der Waals surface area contributed by atoms with Crippen molar-refractivity contribution in [1.29, 1.82) is 0 Å². The summed E-state index contributed by atoms with van der Waals surface area (Å²) in [6.07, 6.45) is 1.11. The zero-order valence-corrected chi connectivity index (χ0v) is 12.8. The van der Waals surface area contributed by atoms with Gasteiger partial charge in [0.1, 0.15) is 5.41 Å². The first-order valence-electron chi connectivity index (χ1n) is 7.56. The van der Waals surface area contributed by atoms with Crippen molar-refractivity contribution in [3.05, 3.63) is 0 Å². The molecule has 0 spiro atoms. The molecule has 7 heteroatoms. The first-order chi connectivity index (χ1) is 9.97. The van der Waals surface area contributed by atoms with Crippen LogP contribution in [0.2, 0.25) is 0 Å². The fraction of sp³-hybridized carbons (Fsp3) is 0.857. The molecule has 0 aromatic rings. The molecule has 0 aromatic heterocycles. The van der Waals surface area contributed by atoms with Crippen molar-refractivity contribution in [3.8, 4) is 0 Å². The lowest BCUT2D eigenvalue weighted by atomic mass is 9.85. The number of hydrogen-bond donors (Lipinski definition) is 2. The summed E-state index contributed by atoms with van der Waals surface area (Å²) in [5.41, 5.74) is -1.04. The summed E-state index contributed by atoms with van der Waals surface area (Å²) < 4.78 is 5.25. The number of rotatable bonds is 4. The van der Waals surface area contributed by atoms with E-state index in [1.54, 1.807) is 11.8 Å². The minimum absolute atomic E-state index is 0.136. The van der Waals surface area contributed by atoms with Gasteiger partial charge in [-0.15, -0.1) is 0 Å². The van der Waals surface area contributed by atoms with E-state index < -0.39 is 17.4 Å². The molecule has 7 nitrogen and oxygen atoms in total. The fourth-order valence-electron chi connectivity index (χ4n) is 2.82. The van der Waals surface area contributed by atoms with Crippen molar-refractivity contribution >= 4 is 12.0 Å². The van der Waals surface area contributed by atoms with E-state index in [4.69, 9.17) is 4.74 Å². The van der Waals surface area contributed by atoms with E-state index in [9.17, 15) is 14.7 Å². The number of carbonyl (C=O) groups is 2. The van der Waals surface area contributed by atoms with Crippen LogP contribution in [-0.2, 0) is 9.53 Å². The van der Waals surface area contributed by atoms with Crippen molar-refractivity contribution in [1.82, 2.24) is 15.1 Å². The number of amides is 2. The molecule has 2 fully saturated rings. The van der Waals surface area contributed by atoms with Gasteiger partial charge in [-0.3, -0.25) is 9.69 Å². The van der Waals surface area contributed by atoms with Crippen LogP contribution < -0.4 is 5.32 Å². The van der Waals surface area contributed by atoms with Gasteiger partial charge < -0.3 is 20.1 Å². The van der Waals surface area contributed by atoms with Crippen LogP contribution in [0.5, 0.6) is 0 Å². The predicted molar refractivity (Wildman–Crippen MR) is 77.2 cm³/mol. The van der Waals surface area contributed by atoms with E-state index in [1.165, 1.54) is 0 Å². The smallest absolute Gasteiger partial charge is 0.317 e. The molecule has 2 aliphatic heterocycles. The molecule has 120 valence electrons. The largest absolute Gasteiger partial charge is 0.481 e. The average Bonchev–Trinajstić information content (AvgIpc) is 2.83. The molecule has 2 unspecified atom stereocenters. The number of nitrogens with zero attached hydrogens (tertiary/aromatic N) is 2. The second-order valence-corrected chi connectivity index (χ2v) is 6.07. The summed E-state index contributed by atoms with van der Waals surface area (Å²) in [6.45, 7) is 8.33. The highest BCUT2D eigenvalue weighted by atomic mass is 16.5. The first kappa shape index (κ1) is 16.0. The highest BCUT2D eigenvalue weighted by Crippen LogP contribution is 2.28. The summed E-state index contributed by atoms with van der Waals surface area (Å²) in [4.78, 5) is 27.7. The van der Waals surface area contributed by atoms with Crippen molar-refractivity contribution in [2.75, 3.05) is 45.9 Å². The molecule has 2 rings (SSSR count). The van der Waals surface area contributed by atoms with E-state index >= 15 is 0 Å². The molecule has 0 bridgehead atoms. The summed E-state index contributed by atoms with van der Waals surface area (Å²) in [5, 5.41) is 12.1. The van der Waals surface area contributed by atoms with Crippen LogP contribution in [0.15, 0.2) is 0 Å². The number of piperazine rings is 1. The molecule has 0 aromatic carbocycles. The molecule has 2 atom stereocenters. The van der Waals surface area contributed by atoms with Gasteiger partial charge in [0.25, 0.3) is 0 Å². The Kier molecular flexibility index (Phi) is 5.05. The van der Waals surface area contributed by atoms with E-state index in [0.29, 0.717) is 13.1 Å². The molecule has 0 radical (unpaired) electrons. The Morgan fingerprint density at radius 2 is 2.00 bits per heavy atom. The molecular weight excluding hydrogens is 274 g/mol. The maximum Gasteiger partial charge on any atom is 0.317 e. The topological polar surface area (TPSA) is 82.1 Å². The van der Waals surface area contributed by atoms with Crippen LogP contribution in [0.4, 0.5) is 4.79 Å². The molecule has 0 aliphatic carbocycles. The van der Waals surface area contributed by atoms with Crippen LogP contribution in [0.25, 0.3) is 0 Å². The standard InChI is InChI=1S/C14H25N3O4/c1-3-4-16-5-7-17(8-6-16)13(20)15-11-9-21-10-14(11,2)12(18)19/h11H,3-10H2,1-2H3,(H,15,20)(H,18,19). The van der Waals surface area contributed by atoms with Gasteiger partial charge in [0.2, 0.25) is 0 Å². The predicted octanol–water partition coefficient (Wildman–Crippen LogP) is 0.213. The van der Waals surface area contributed by atoms with E-state index in [0.717, 1.165) is 26.1 Å². The zero-order valence-electron chi connectivity index (χ0n) is 12.8. The van der Waals surface area contributed by atoms with Crippen LogP contribution in [0.1, 0.15) is 20.3 Å². The second-order valence-electron chi connectivity index (χ2n) is 6.07. The highest BCUT2D eigenvalue weighted by molar-refractivity contribution is 5.79. The number of carbonyl (C=O) groups excluding carboxylic acids is 1. The Morgan fingerprint density at radius 1 is 1.33 bits per heavy atom. The van der Waals surface area contributed by atoms with Gasteiger partial charge in [-0.05, 0) is 19.9 Å². The highest BCUT2D eigenvalue weighted by Gasteiger charge is 2.47. The van der Waals surface area contributed by atoms with E-state index in [2.05, 4.69) is 17.1 Å². The van der Waals surface area contributed by atoms with Crippen molar-refractivity contribution in [2.45, 2.75) is 26.3 Å². The molecule has 2 aliphatic rings. The van der Waals surface area contributed by atoms with Crippen molar-refractivity contribution < 1.29 is 19.4 Å². The summed E-state index contributed by atoms with van der Waals surface area (Å²) in [6, 6.07) is -0.662. The Bertz CT molecular complexity index is 396. The Balaban J connectivity index is 1.86. The monoisotopic (exact) mass is 299 g/mol. The Hall–Kier alpha value is -1.34. The van der Waals surface area contributed by atoms with Gasteiger partial charge in [0.05, 0.1) is 19.3 Å². The lowest BCUT2D eigenvalue weighted by Crippen LogP contribution is -2.57. The maximum atomic E-state index is 12.3. The molecule has 2 heterocycles. The maximum absolute atomic E-state index is 12.3. The summed E-state index contributed by atoms with van der Waals surface area (Å²) in [7, 11) is 0. The van der Waals surface area contributed by atoms with Gasteiger partial charge in [0, 0.05) is 26.2 Å². The van der Waals surface area contributed by atoms with Gasteiger partial charge in [-0.1, -0.05) is 6.92 Å². The number of ether oxygens (including phenoxy) is 1. The Labute approximate surface area is 125 Å². The summed E-state index contributed by atoms with van der Waals surface area (Å²) >= 11 is 0. The summed E-state index contributed by atoms with van der Waals surface area (Å²) in [5.74, 6) is -0.932. The SMILES string of the molecule is CCCN1CCN(C(=O)NC2COCC2(C)C(=O)O)CC1. The third-order valence-corrected chi connectivity index (χ3v) is 4.44. The van der Waals surface area contributed by atoms with Crippen molar-refractivity contribution in [3.63, 3.8) is 0 Å². The molecule has 2 N–H and O–H groups in total. The quantitative estimate of drug-likeness (QED) is 0.775. The third-order valence-electron chi connectivity index (χ3n) is 4.44. The average molecular weight is 299 g/mol. The molecule has 2 saturated heterocycles. The number of hydrogen-bond acceptors (Lipinski definition) is 4. The van der Waals surface area contributed by atoms with Crippen LogP contribution in [0, 0.1) is 5.41 Å². The minimum Gasteiger partial charge on any atom is -0.481 e. The Morgan fingerprint density at radius 3 is 2.57 bits per heavy atom. The molecule has 0 saturated carbocycles. The van der Waals surface area contributed by atoms with Gasteiger partial charge in [-0.25, -0.2) is 4.79 Å². The molecule has 21 heavy (non-hydrogen) atoms. The number of nitrogens with one attached hydrogen (secondary N) is 1. The number of carboxylic acids is 1. The van der Waals surface area contributed by atoms with Crippen LogP contribution in [0.3, 0.4) is 0 Å². The van der Waals surface area contributed by atoms with E-state index in [1.807, 2.05) is 0 Å². The second kappa shape index (κ2) is 6.62. The molecular formula is C14H25N3O4. The normalized spacial score (nSPS) is 30.4. The minimum atomic E-state index is -1.04. The van der Waals surface area contributed by atoms with Gasteiger partial charge in [-0.2, -0.15) is 0 Å². The fourth-order valence-corrected chi connectivity index (χ4v) is 2.82. The lowest BCUT2D eigenvalue weighted by Gasteiger charge is -2.36. The van der Waals surface area contributed by atoms with Crippen LogP contribution >= 0.6 is 0 Å². The lowest BCUT2D eigenvalue weighted by molar-refractivity contribution is -0.148. The number of carboxylic acid groups (broad SMARTS) is 1. The third kappa shape index (κ3) is 3.47. The number of urea groups is 1. The van der Waals surface area contributed by atoms with Crippen LogP contribution in [-0.4, -0.2) is 78.9 Å². The first-order valence-corrected chi connectivity index (χ1v) is 7.56. The van der Waals surface area contributed by atoms with Gasteiger partial charge >= 0.3 is 12.0 Å². The van der Waals surface area contributed by atoms with E-state index in [-0.39, 0.29) is 19.2 Å². The number of aliphatic carboxylic acids is 1. The zero-order chi connectivity index (χ0) is 15.5. The van der Waals surface area contributed by atoms with Crippen molar-refractivity contribution in [2.24, 2.45) is 5.41 Å².